The predicted molar refractivity (Wildman–Crippen MR) is 103 cm³/mol. The van der Waals surface area contributed by atoms with E-state index in [2.05, 4.69) is 41.0 Å². The molecule has 0 N–H and O–H groups in total. The molecule has 25 heavy (non-hydrogen) atoms. The Kier molecular flexibility index (Phi) is 5.62. The van der Waals surface area contributed by atoms with E-state index in [1.165, 1.54) is 70.1 Å². The van der Waals surface area contributed by atoms with Gasteiger partial charge in [0, 0.05) is 37.3 Å². The molecule has 0 spiro atoms. The molecule has 1 aromatic carbocycles. The number of nitrogens with zero attached hydrogens (tertiary/aromatic N) is 2. The fourth-order valence-corrected chi connectivity index (χ4v) is 5.59. The standard InChI is InChI=1S/C22H34N2O/c1-2-25-21-13-7-6-11-19(21)17-24-16-15-23-14-8-12-20(23)22(24)18-9-4-3-5-10-18/h6-7,11,13,18,20,22H,2-5,8-10,12,14-17H2,1H3/t20-,22+/m1/s1. The van der Waals surface area contributed by atoms with Crippen LogP contribution in [0.25, 0.3) is 0 Å². The van der Waals surface area contributed by atoms with Gasteiger partial charge in [0.25, 0.3) is 0 Å². The van der Waals surface area contributed by atoms with Gasteiger partial charge in [-0.05, 0) is 51.1 Å². The van der Waals surface area contributed by atoms with E-state index < -0.39 is 0 Å². The van der Waals surface area contributed by atoms with Gasteiger partial charge in [0.1, 0.15) is 5.75 Å². The van der Waals surface area contributed by atoms with Gasteiger partial charge in [-0.2, -0.15) is 0 Å². The van der Waals surface area contributed by atoms with E-state index in [1.807, 2.05) is 0 Å². The third-order valence-corrected chi connectivity index (χ3v) is 6.68. The van der Waals surface area contributed by atoms with Crippen LogP contribution in [0.4, 0.5) is 0 Å². The first-order valence-electron chi connectivity index (χ1n) is 10.6. The summed E-state index contributed by atoms with van der Waals surface area (Å²) in [5.41, 5.74) is 1.37. The van der Waals surface area contributed by atoms with Gasteiger partial charge in [0.15, 0.2) is 0 Å². The largest absolute Gasteiger partial charge is 0.494 e. The zero-order valence-corrected chi connectivity index (χ0v) is 15.8. The van der Waals surface area contributed by atoms with E-state index in [1.54, 1.807) is 0 Å². The highest BCUT2D eigenvalue weighted by molar-refractivity contribution is 5.33. The summed E-state index contributed by atoms with van der Waals surface area (Å²) in [6, 6.07) is 10.2. The number of fused-ring (bicyclic) bond motifs is 1. The lowest BCUT2D eigenvalue weighted by Gasteiger charge is -2.49. The molecule has 2 saturated heterocycles. The number of para-hydroxylation sites is 1. The third-order valence-electron chi connectivity index (χ3n) is 6.68. The molecule has 3 nitrogen and oxygen atoms in total. The minimum Gasteiger partial charge on any atom is -0.494 e. The molecule has 3 aliphatic rings. The summed E-state index contributed by atoms with van der Waals surface area (Å²) in [6.07, 6.45) is 10.0. The van der Waals surface area contributed by atoms with Crippen molar-refractivity contribution in [2.45, 2.75) is 70.5 Å². The van der Waals surface area contributed by atoms with E-state index in [0.29, 0.717) is 0 Å². The third kappa shape index (κ3) is 3.73. The van der Waals surface area contributed by atoms with Crippen molar-refractivity contribution in [3.05, 3.63) is 29.8 Å². The second kappa shape index (κ2) is 8.09. The summed E-state index contributed by atoms with van der Waals surface area (Å²) in [4.78, 5) is 5.62. The van der Waals surface area contributed by atoms with Gasteiger partial charge < -0.3 is 4.74 Å². The number of hydrogen-bond acceptors (Lipinski definition) is 3. The van der Waals surface area contributed by atoms with Gasteiger partial charge in [-0.1, -0.05) is 37.5 Å². The first kappa shape index (κ1) is 17.4. The molecule has 3 fully saturated rings. The SMILES string of the molecule is CCOc1ccccc1CN1CCN2CCC[C@@H]2[C@@H]1C1CCCCC1. The summed E-state index contributed by atoms with van der Waals surface area (Å²) < 4.78 is 5.91. The van der Waals surface area contributed by atoms with E-state index >= 15 is 0 Å². The molecular formula is C22H34N2O. The lowest BCUT2D eigenvalue weighted by molar-refractivity contribution is -0.00418. The van der Waals surface area contributed by atoms with Gasteiger partial charge in [0.2, 0.25) is 0 Å². The number of hydrogen-bond donors (Lipinski definition) is 0. The van der Waals surface area contributed by atoms with Gasteiger partial charge in [-0.25, -0.2) is 0 Å². The van der Waals surface area contributed by atoms with E-state index in [0.717, 1.165) is 36.9 Å². The van der Waals surface area contributed by atoms with E-state index in [-0.39, 0.29) is 0 Å². The Morgan fingerprint density at radius 2 is 1.80 bits per heavy atom. The smallest absolute Gasteiger partial charge is 0.123 e. The molecular weight excluding hydrogens is 308 g/mol. The lowest BCUT2D eigenvalue weighted by atomic mass is 9.78. The topological polar surface area (TPSA) is 15.7 Å². The second-order valence-corrected chi connectivity index (χ2v) is 8.15. The maximum Gasteiger partial charge on any atom is 0.123 e. The Labute approximate surface area is 153 Å². The zero-order chi connectivity index (χ0) is 17.1. The maximum absolute atomic E-state index is 5.91. The van der Waals surface area contributed by atoms with Crippen molar-refractivity contribution in [1.82, 2.24) is 9.80 Å². The van der Waals surface area contributed by atoms with Crippen LogP contribution in [0.15, 0.2) is 24.3 Å². The van der Waals surface area contributed by atoms with Crippen molar-refractivity contribution in [3.8, 4) is 5.75 Å². The quantitative estimate of drug-likeness (QED) is 0.793. The number of benzene rings is 1. The van der Waals surface area contributed by atoms with Crippen LogP contribution in [-0.4, -0.2) is 48.1 Å². The van der Waals surface area contributed by atoms with Crippen LogP contribution in [0, 0.1) is 5.92 Å². The summed E-state index contributed by atoms with van der Waals surface area (Å²) in [6.45, 7) is 7.69. The van der Waals surface area contributed by atoms with Gasteiger partial charge in [0.05, 0.1) is 6.61 Å². The average molecular weight is 343 g/mol. The first-order valence-corrected chi connectivity index (χ1v) is 10.6. The molecule has 3 heteroatoms. The summed E-state index contributed by atoms with van der Waals surface area (Å²) >= 11 is 0. The Morgan fingerprint density at radius 3 is 2.64 bits per heavy atom. The fourth-order valence-electron chi connectivity index (χ4n) is 5.59. The fraction of sp³-hybridized carbons (Fsp3) is 0.727. The molecule has 0 radical (unpaired) electrons. The van der Waals surface area contributed by atoms with Crippen LogP contribution in [-0.2, 0) is 6.54 Å². The van der Waals surface area contributed by atoms with Crippen molar-refractivity contribution in [2.75, 3.05) is 26.2 Å². The summed E-state index contributed by atoms with van der Waals surface area (Å²) in [7, 11) is 0. The van der Waals surface area contributed by atoms with Crippen molar-refractivity contribution < 1.29 is 4.74 Å². The minimum absolute atomic E-state index is 0.749. The number of piperazine rings is 1. The Bertz CT molecular complexity index is 555. The molecule has 4 rings (SSSR count). The molecule has 2 heterocycles. The Morgan fingerprint density at radius 1 is 0.960 bits per heavy atom. The molecule has 0 bridgehead atoms. The van der Waals surface area contributed by atoms with Crippen molar-refractivity contribution >= 4 is 0 Å². The van der Waals surface area contributed by atoms with Crippen LogP contribution in [0.2, 0.25) is 0 Å². The highest BCUT2D eigenvalue weighted by Gasteiger charge is 2.43. The van der Waals surface area contributed by atoms with Crippen LogP contribution >= 0.6 is 0 Å². The van der Waals surface area contributed by atoms with Gasteiger partial charge >= 0.3 is 0 Å². The van der Waals surface area contributed by atoms with E-state index in [4.69, 9.17) is 4.74 Å². The predicted octanol–water partition coefficient (Wildman–Crippen LogP) is 4.31. The first-order chi connectivity index (χ1) is 12.4. The number of ether oxygens (including phenoxy) is 1. The second-order valence-electron chi connectivity index (χ2n) is 8.15. The summed E-state index contributed by atoms with van der Waals surface area (Å²) in [5.74, 6) is 1.99. The summed E-state index contributed by atoms with van der Waals surface area (Å²) in [5, 5.41) is 0. The molecule has 2 atom stereocenters. The highest BCUT2D eigenvalue weighted by Crippen LogP contribution is 2.38. The van der Waals surface area contributed by atoms with Gasteiger partial charge in [-0.15, -0.1) is 0 Å². The molecule has 0 amide bonds. The molecule has 2 aliphatic heterocycles. The number of rotatable bonds is 5. The van der Waals surface area contributed by atoms with Crippen molar-refractivity contribution in [3.63, 3.8) is 0 Å². The lowest BCUT2D eigenvalue weighted by Crippen LogP contribution is -2.59. The molecule has 1 saturated carbocycles. The average Bonchev–Trinajstić information content (AvgIpc) is 3.13. The molecule has 1 aromatic rings. The molecule has 0 aromatic heterocycles. The van der Waals surface area contributed by atoms with Crippen LogP contribution in [0.1, 0.15) is 57.4 Å². The highest BCUT2D eigenvalue weighted by atomic mass is 16.5. The Hall–Kier alpha value is -1.06. The van der Waals surface area contributed by atoms with Crippen LogP contribution < -0.4 is 4.74 Å². The van der Waals surface area contributed by atoms with Crippen molar-refractivity contribution in [1.29, 1.82) is 0 Å². The molecule has 0 unspecified atom stereocenters. The van der Waals surface area contributed by atoms with Crippen molar-refractivity contribution in [2.24, 2.45) is 5.92 Å². The monoisotopic (exact) mass is 342 g/mol. The zero-order valence-electron chi connectivity index (χ0n) is 15.8. The molecule has 138 valence electrons. The van der Waals surface area contributed by atoms with Gasteiger partial charge in [-0.3, -0.25) is 9.80 Å². The van der Waals surface area contributed by atoms with Crippen LogP contribution in [0.3, 0.4) is 0 Å². The maximum atomic E-state index is 5.91. The van der Waals surface area contributed by atoms with Crippen LogP contribution in [0.5, 0.6) is 5.75 Å². The Balaban J connectivity index is 1.56. The minimum atomic E-state index is 0.749. The normalized spacial score (nSPS) is 28.8. The molecule has 1 aliphatic carbocycles. The van der Waals surface area contributed by atoms with E-state index in [9.17, 15) is 0 Å².